The Morgan fingerprint density at radius 1 is 1.28 bits per heavy atom. The lowest BCUT2D eigenvalue weighted by atomic mass is 9.74. The second kappa shape index (κ2) is 8.71. The number of methoxy groups -OCH3 is 1. The third-order valence-electron chi connectivity index (χ3n) is 4.74. The highest BCUT2D eigenvalue weighted by Crippen LogP contribution is 2.35. The van der Waals surface area contributed by atoms with E-state index in [1.807, 2.05) is 24.3 Å². The molecule has 2 amide bonds. The molecular formula is C18H26N2O5. The summed E-state index contributed by atoms with van der Waals surface area (Å²) >= 11 is 0. The van der Waals surface area contributed by atoms with Gasteiger partial charge in [0.2, 0.25) is 0 Å². The molecule has 0 spiro atoms. The lowest BCUT2D eigenvalue weighted by Gasteiger charge is -2.38. The van der Waals surface area contributed by atoms with E-state index in [2.05, 4.69) is 5.32 Å². The maximum Gasteiger partial charge on any atom is 0.317 e. The van der Waals surface area contributed by atoms with Gasteiger partial charge in [-0.2, -0.15) is 0 Å². The third kappa shape index (κ3) is 5.09. The Balaban J connectivity index is 2.04. The van der Waals surface area contributed by atoms with Gasteiger partial charge in [0.25, 0.3) is 0 Å². The molecule has 1 aliphatic rings. The van der Waals surface area contributed by atoms with Gasteiger partial charge >= 0.3 is 12.0 Å². The van der Waals surface area contributed by atoms with Crippen LogP contribution in [-0.4, -0.2) is 62.5 Å². The van der Waals surface area contributed by atoms with Crippen molar-refractivity contribution in [3.8, 4) is 5.75 Å². The first-order valence-corrected chi connectivity index (χ1v) is 8.40. The van der Waals surface area contributed by atoms with E-state index in [0.29, 0.717) is 19.8 Å². The molecule has 0 aliphatic carbocycles. The molecule has 0 unspecified atom stereocenters. The van der Waals surface area contributed by atoms with E-state index < -0.39 is 5.97 Å². The second-order valence-corrected chi connectivity index (χ2v) is 6.35. The van der Waals surface area contributed by atoms with Gasteiger partial charge in [0, 0.05) is 38.8 Å². The highest BCUT2D eigenvalue weighted by molar-refractivity contribution is 5.75. The van der Waals surface area contributed by atoms with Gasteiger partial charge in [0.15, 0.2) is 0 Å². The van der Waals surface area contributed by atoms with E-state index in [9.17, 15) is 9.59 Å². The van der Waals surface area contributed by atoms with Gasteiger partial charge in [-0.3, -0.25) is 4.79 Å². The van der Waals surface area contributed by atoms with Gasteiger partial charge in [0.1, 0.15) is 5.75 Å². The Kier molecular flexibility index (Phi) is 6.64. The van der Waals surface area contributed by atoms with Gasteiger partial charge in [-0.05, 0) is 30.5 Å². The third-order valence-corrected chi connectivity index (χ3v) is 4.74. The van der Waals surface area contributed by atoms with Crippen LogP contribution in [0.1, 0.15) is 24.8 Å². The van der Waals surface area contributed by atoms with Crippen LogP contribution in [-0.2, 0) is 14.9 Å². The van der Waals surface area contributed by atoms with Crippen LogP contribution in [0, 0.1) is 0 Å². The van der Waals surface area contributed by atoms with Crippen LogP contribution in [0.15, 0.2) is 24.3 Å². The quantitative estimate of drug-likeness (QED) is 0.784. The minimum atomic E-state index is -0.918. The number of urea groups is 1. The topological polar surface area (TPSA) is 88.1 Å². The van der Waals surface area contributed by atoms with Crippen molar-refractivity contribution in [2.45, 2.75) is 24.7 Å². The number of benzene rings is 1. The highest BCUT2D eigenvalue weighted by Gasteiger charge is 2.35. The number of hydrogen-bond acceptors (Lipinski definition) is 4. The van der Waals surface area contributed by atoms with Crippen molar-refractivity contribution in [2.24, 2.45) is 0 Å². The maximum atomic E-state index is 12.2. The summed E-state index contributed by atoms with van der Waals surface area (Å²) < 4.78 is 10.7. The monoisotopic (exact) mass is 350 g/mol. The van der Waals surface area contributed by atoms with Crippen molar-refractivity contribution in [2.75, 3.05) is 40.5 Å². The number of rotatable bonds is 7. The van der Waals surface area contributed by atoms with Crippen LogP contribution in [0.5, 0.6) is 5.75 Å². The molecule has 1 heterocycles. The average molecular weight is 350 g/mol. The Bertz CT molecular complexity index is 582. The minimum Gasteiger partial charge on any atom is -0.497 e. The van der Waals surface area contributed by atoms with E-state index in [0.717, 1.165) is 24.2 Å². The van der Waals surface area contributed by atoms with Gasteiger partial charge in [0.05, 0.1) is 13.5 Å². The first-order chi connectivity index (χ1) is 12.0. The summed E-state index contributed by atoms with van der Waals surface area (Å²) in [6.07, 6.45) is 1.57. The fourth-order valence-corrected chi connectivity index (χ4v) is 3.02. The number of carbonyl (C=O) groups excluding carboxylic acids is 1. The fourth-order valence-electron chi connectivity index (χ4n) is 3.02. The van der Waals surface area contributed by atoms with Crippen LogP contribution in [0.2, 0.25) is 0 Å². The van der Waals surface area contributed by atoms with Gasteiger partial charge in [-0.15, -0.1) is 0 Å². The Hall–Kier alpha value is -2.28. The molecule has 1 aliphatic heterocycles. The Morgan fingerprint density at radius 3 is 2.48 bits per heavy atom. The molecule has 0 bridgehead atoms. The minimum absolute atomic E-state index is 0.0681. The first kappa shape index (κ1) is 19.1. The predicted molar refractivity (Wildman–Crippen MR) is 93.0 cm³/mol. The average Bonchev–Trinajstić information content (AvgIpc) is 2.65. The summed E-state index contributed by atoms with van der Waals surface area (Å²) in [7, 11) is 3.23. The van der Waals surface area contributed by atoms with Crippen molar-refractivity contribution < 1.29 is 24.2 Å². The maximum absolute atomic E-state index is 12.2. The smallest absolute Gasteiger partial charge is 0.317 e. The van der Waals surface area contributed by atoms with Gasteiger partial charge < -0.3 is 24.8 Å². The van der Waals surface area contributed by atoms with Crippen molar-refractivity contribution >= 4 is 12.0 Å². The van der Waals surface area contributed by atoms with E-state index >= 15 is 0 Å². The van der Waals surface area contributed by atoms with E-state index in [1.165, 1.54) is 4.90 Å². The van der Waals surface area contributed by atoms with Crippen LogP contribution < -0.4 is 10.1 Å². The molecule has 2 rings (SSSR count). The standard InChI is InChI=1S/C18H26N2O5/c1-20(10-7-16(21)22)17(23)19-13-18(8-11-25-12-9-18)14-3-5-15(24-2)6-4-14/h3-6H,7-13H2,1-2H3,(H,19,23)(H,21,22). The normalized spacial score (nSPS) is 16.1. The van der Waals surface area contributed by atoms with Gasteiger partial charge in [-0.1, -0.05) is 12.1 Å². The molecule has 0 atom stereocenters. The Morgan fingerprint density at radius 2 is 1.92 bits per heavy atom. The zero-order chi connectivity index (χ0) is 18.3. The van der Waals surface area contributed by atoms with E-state index in [1.54, 1.807) is 14.2 Å². The first-order valence-electron chi connectivity index (χ1n) is 8.40. The number of aliphatic carboxylic acids is 1. The predicted octanol–water partition coefficient (Wildman–Crippen LogP) is 1.86. The zero-order valence-corrected chi connectivity index (χ0v) is 14.8. The summed E-state index contributed by atoms with van der Waals surface area (Å²) in [5, 5.41) is 11.7. The summed E-state index contributed by atoms with van der Waals surface area (Å²) in [6, 6.07) is 7.65. The van der Waals surface area contributed by atoms with Crippen LogP contribution in [0.3, 0.4) is 0 Å². The molecule has 1 aromatic carbocycles. The van der Waals surface area contributed by atoms with Crippen molar-refractivity contribution in [3.05, 3.63) is 29.8 Å². The Labute approximate surface area is 147 Å². The fraction of sp³-hybridized carbons (Fsp3) is 0.556. The second-order valence-electron chi connectivity index (χ2n) is 6.35. The molecule has 25 heavy (non-hydrogen) atoms. The lowest BCUT2D eigenvalue weighted by molar-refractivity contribution is -0.137. The van der Waals surface area contributed by atoms with E-state index in [4.69, 9.17) is 14.6 Å². The van der Waals surface area contributed by atoms with Crippen LogP contribution in [0.25, 0.3) is 0 Å². The molecular weight excluding hydrogens is 324 g/mol. The summed E-state index contributed by atoms with van der Waals surface area (Å²) in [5.74, 6) is -0.123. The number of amides is 2. The number of carboxylic acid groups (broad SMARTS) is 1. The summed E-state index contributed by atoms with van der Waals surface area (Å²) in [4.78, 5) is 24.3. The summed E-state index contributed by atoms with van der Waals surface area (Å²) in [6.45, 7) is 1.96. The van der Waals surface area contributed by atoms with Crippen LogP contribution in [0.4, 0.5) is 4.79 Å². The SMILES string of the molecule is COc1ccc(C2(CNC(=O)N(C)CCC(=O)O)CCOCC2)cc1. The molecule has 138 valence electrons. The molecule has 0 radical (unpaired) electrons. The molecule has 2 N–H and O–H groups in total. The zero-order valence-electron chi connectivity index (χ0n) is 14.8. The number of carbonyl (C=O) groups is 2. The van der Waals surface area contributed by atoms with Crippen molar-refractivity contribution in [3.63, 3.8) is 0 Å². The van der Waals surface area contributed by atoms with Crippen LogP contribution >= 0.6 is 0 Å². The molecule has 0 aromatic heterocycles. The number of carboxylic acids is 1. The number of nitrogens with zero attached hydrogens (tertiary/aromatic N) is 1. The van der Waals surface area contributed by atoms with Crippen molar-refractivity contribution in [1.82, 2.24) is 10.2 Å². The highest BCUT2D eigenvalue weighted by atomic mass is 16.5. The number of ether oxygens (including phenoxy) is 2. The summed E-state index contributed by atoms with van der Waals surface area (Å²) in [5.41, 5.74) is 0.957. The molecule has 1 aromatic rings. The molecule has 1 saturated heterocycles. The van der Waals surface area contributed by atoms with Crippen molar-refractivity contribution in [1.29, 1.82) is 0 Å². The molecule has 0 saturated carbocycles. The lowest BCUT2D eigenvalue weighted by Crippen LogP contribution is -2.48. The molecule has 7 nitrogen and oxygen atoms in total. The van der Waals surface area contributed by atoms with E-state index in [-0.39, 0.29) is 24.4 Å². The van der Waals surface area contributed by atoms with Gasteiger partial charge in [-0.25, -0.2) is 4.79 Å². The molecule has 1 fully saturated rings. The largest absolute Gasteiger partial charge is 0.497 e. The number of hydrogen-bond donors (Lipinski definition) is 2. The molecule has 7 heteroatoms. The number of nitrogens with one attached hydrogen (secondary N) is 1.